The Balaban J connectivity index is 1.90. The van der Waals surface area contributed by atoms with Crippen LogP contribution in [0.5, 0.6) is 0 Å². The monoisotopic (exact) mass is 391 g/mol. The number of nitrogens with one attached hydrogen (secondary N) is 1. The molecule has 0 atom stereocenters. The molecule has 0 aliphatic rings. The van der Waals surface area contributed by atoms with Gasteiger partial charge in [0.05, 0.1) is 0 Å². The van der Waals surface area contributed by atoms with Gasteiger partial charge in [-0.1, -0.05) is 65.9 Å². The summed E-state index contributed by atoms with van der Waals surface area (Å²) in [5.74, 6) is -1.25. The predicted molar refractivity (Wildman–Crippen MR) is 111 cm³/mol. The zero-order valence-electron chi connectivity index (χ0n) is 15.0. The van der Waals surface area contributed by atoms with Gasteiger partial charge in [-0.2, -0.15) is 0 Å². The first-order chi connectivity index (χ1) is 13.6. The van der Waals surface area contributed by atoms with Gasteiger partial charge in [0.2, 0.25) is 5.43 Å². The van der Waals surface area contributed by atoms with Gasteiger partial charge in [-0.05, 0) is 16.7 Å². The molecule has 0 spiro atoms. The van der Waals surface area contributed by atoms with Crippen LogP contribution >= 0.6 is 11.3 Å². The molecule has 0 radical (unpaired) electrons. The minimum absolute atomic E-state index is 0.173. The Hall–Kier alpha value is -3.45. The molecule has 28 heavy (non-hydrogen) atoms. The Labute approximate surface area is 164 Å². The van der Waals surface area contributed by atoms with Gasteiger partial charge in [0, 0.05) is 19.8 Å². The van der Waals surface area contributed by atoms with Gasteiger partial charge in [0.25, 0.3) is 0 Å². The number of benzene rings is 2. The van der Waals surface area contributed by atoms with Gasteiger partial charge in [-0.15, -0.1) is 0 Å². The molecule has 0 fully saturated rings. The Morgan fingerprint density at radius 3 is 2.57 bits per heavy atom. The maximum atomic E-state index is 12.5. The van der Waals surface area contributed by atoms with E-state index in [0.717, 1.165) is 16.7 Å². The lowest BCUT2D eigenvalue weighted by Gasteiger charge is -2.13. The molecule has 0 amide bonds. The van der Waals surface area contributed by atoms with Crippen LogP contribution in [0.15, 0.2) is 65.6 Å². The first-order valence-corrected chi connectivity index (χ1v) is 9.48. The van der Waals surface area contributed by atoms with Gasteiger partial charge in [0.15, 0.2) is 5.13 Å². The van der Waals surface area contributed by atoms with Crippen molar-refractivity contribution < 1.29 is 9.90 Å². The summed E-state index contributed by atoms with van der Waals surface area (Å²) in [7, 11) is 1.72. The topological polar surface area (TPSA) is 84.2 Å². The molecule has 2 aromatic heterocycles. The third kappa shape index (κ3) is 3.16. The molecule has 0 bridgehead atoms. The summed E-state index contributed by atoms with van der Waals surface area (Å²) in [5, 5.41) is 13.0. The Kier molecular flexibility index (Phi) is 4.67. The van der Waals surface area contributed by atoms with Crippen molar-refractivity contribution >= 4 is 32.8 Å². The number of hydrogen-bond acceptors (Lipinski definition) is 5. The van der Waals surface area contributed by atoms with E-state index in [1.54, 1.807) is 11.6 Å². The number of thiazole rings is 1. The summed E-state index contributed by atoms with van der Waals surface area (Å²) in [6.45, 7) is 0.424. The van der Waals surface area contributed by atoms with Crippen LogP contribution in [0.25, 0.3) is 21.5 Å². The van der Waals surface area contributed by atoms with Crippen LogP contribution < -0.4 is 10.7 Å². The van der Waals surface area contributed by atoms with Gasteiger partial charge in [-0.25, -0.2) is 9.78 Å². The number of carboxylic acid groups (broad SMARTS) is 1. The Morgan fingerprint density at radius 2 is 1.86 bits per heavy atom. The summed E-state index contributed by atoms with van der Waals surface area (Å²) < 4.78 is 1.79. The molecule has 2 aromatic carbocycles. The number of rotatable bonds is 5. The van der Waals surface area contributed by atoms with Crippen molar-refractivity contribution in [2.24, 2.45) is 0 Å². The Morgan fingerprint density at radius 1 is 1.14 bits per heavy atom. The van der Waals surface area contributed by atoms with Crippen LogP contribution in [0.4, 0.5) is 5.13 Å². The van der Waals surface area contributed by atoms with Gasteiger partial charge in [0.1, 0.15) is 15.9 Å². The first kappa shape index (κ1) is 17.9. The lowest BCUT2D eigenvalue weighted by atomic mass is 9.99. The van der Waals surface area contributed by atoms with E-state index in [0.29, 0.717) is 16.5 Å². The first-order valence-electron chi connectivity index (χ1n) is 8.67. The summed E-state index contributed by atoms with van der Waals surface area (Å²) in [6, 6.07) is 18.0. The number of hydrogen-bond donors (Lipinski definition) is 2. The molecule has 0 unspecified atom stereocenters. The molecule has 4 rings (SSSR count). The lowest BCUT2D eigenvalue weighted by Crippen LogP contribution is -2.19. The van der Waals surface area contributed by atoms with Crippen LogP contribution in [0, 0.1) is 0 Å². The smallest absolute Gasteiger partial charge is 0.341 e. The van der Waals surface area contributed by atoms with Crippen molar-refractivity contribution in [2.75, 3.05) is 12.4 Å². The largest absolute Gasteiger partial charge is 0.477 e. The minimum Gasteiger partial charge on any atom is -0.477 e. The minimum atomic E-state index is -1.25. The predicted octanol–water partition coefficient (Wildman–Crippen LogP) is 3.91. The van der Waals surface area contributed by atoms with Crippen LogP contribution in [0.2, 0.25) is 0 Å². The average Bonchev–Trinajstić information content (AvgIpc) is 3.16. The zero-order valence-corrected chi connectivity index (χ0v) is 15.9. The van der Waals surface area contributed by atoms with Crippen LogP contribution in [0.3, 0.4) is 0 Å². The fraction of sp³-hybridized carbons (Fsp3) is 0.0952. The molecule has 2 heterocycles. The van der Waals surface area contributed by atoms with E-state index in [2.05, 4.69) is 10.3 Å². The van der Waals surface area contributed by atoms with Crippen LogP contribution in [-0.4, -0.2) is 27.7 Å². The molecule has 0 aliphatic carbocycles. The highest BCUT2D eigenvalue weighted by Gasteiger charge is 2.19. The molecule has 7 heteroatoms. The van der Waals surface area contributed by atoms with E-state index in [4.69, 9.17) is 0 Å². The maximum absolute atomic E-state index is 12.5. The molecule has 0 aliphatic heterocycles. The number of anilines is 1. The molecule has 4 aromatic rings. The Bertz CT molecular complexity index is 1230. The quantitative estimate of drug-likeness (QED) is 0.539. The maximum Gasteiger partial charge on any atom is 0.341 e. The van der Waals surface area contributed by atoms with Crippen molar-refractivity contribution in [3.05, 3.63) is 82.1 Å². The number of carbonyl (C=O) groups is 1. The van der Waals surface area contributed by atoms with Crippen LogP contribution in [-0.2, 0) is 6.54 Å². The van der Waals surface area contributed by atoms with E-state index in [1.807, 2.05) is 54.6 Å². The van der Waals surface area contributed by atoms with E-state index in [9.17, 15) is 14.7 Å². The molecule has 0 saturated carbocycles. The number of fused-ring (bicyclic) bond motifs is 1. The van der Waals surface area contributed by atoms with Gasteiger partial charge in [-0.3, -0.25) is 4.79 Å². The molecule has 0 saturated heterocycles. The fourth-order valence-corrected chi connectivity index (χ4v) is 4.06. The fourth-order valence-electron chi connectivity index (χ4n) is 3.17. The summed E-state index contributed by atoms with van der Waals surface area (Å²) in [6.07, 6.45) is 1.41. The third-order valence-electron chi connectivity index (χ3n) is 4.50. The highest BCUT2D eigenvalue weighted by atomic mass is 32.1. The second-order valence-corrected chi connectivity index (χ2v) is 7.23. The summed E-state index contributed by atoms with van der Waals surface area (Å²) in [4.78, 5) is 29.0. The van der Waals surface area contributed by atoms with Gasteiger partial charge < -0.3 is 15.0 Å². The van der Waals surface area contributed by atoms with Crippen molar-refractivity contribution in [1.29, 1.82) is 0 Å². The SMILES string of the molecule is CNc1nc2c(=O)c(C(=O)O)cn(Cc3ccccc3-c3ccccc3)c2s1. The van der Waals surface area contributed by atoms with Crippen molar-refractivity contribution in [3.8, 4) is 11.1 Å². The second-order valence-electron chi connectivity index (χ2n) is 6.25. The third-order valence-corrected chi connectivity index (χ3v) is 5.61. The normalized spacial score (nSPS) is 10.9. The molecule has 140 valence electrons. The molecular weight excluding hydrogens is 374 g/mol. The van der Waals surface area contributed by atoms with Crippen molar-refractivity contribution in [1.82, 2.24) is 9.55 Å². The average molecular weight is 391 g/mol. The lowest BCUT2D eigenvalue weighted by molar-refractivity contribution is 0.0695. The molecular formula is C21H17N3O3S. The molecule has 6 nitrogen and oxygen atoms in total. The number of nitrogens with zero attached hydrogens (tertiary/aromatic N) is 2. The standard InChI is InChI=1S/C21H17N3O3S/c1-22-21-23-17-18(25)16(20(26)27)12-24(19(17)28-21)11-14-9-5-6-10-15(14)13-7-3-2-4-8-13/h2-10,12H,11H2,1H3,(H,22,23)(H,26,27). The summed E-state index contributed by atoms with van der Waals surface area (Å²) in [5.41, 5.74) is 2.49. The van der Waals surface area contributed by atoms with E-state index >= 15 is 0 Å². The highest BCUT2D eigenvalue weighted by Crippen LogP contribution is 2.28. The number of aromatic nitrogens is 2. The van der Waals surface area contributed by atoms with Crippen molar-refractivity contribution in [2.45, 2.75) is 6.54 Å². The van der Waals surface area contributed by atoms with Crippen LogP contribution in [0.1, 0.15) is 15.9 Å². The molecule has 2 N–H and O–H groups in total. The van der Waals surface area contributed by atoms with E-state index in [-0.39, 0.29) is 11.1 Å². The number of pyridine rings is 1. The highest BCUT2D eigenvalue weighted by molar-refractivity contribution is 7.21. The van der Waals surface area contributed by atoms with Crippen molar-refractivity contribution in [3.63, 3.8) is 0 Å². The van der Waals surface area contributed by atoms with Gasteiger partial charge >= 0.3 is 5.97 Å². The number of aromatic carboxylic acids is 1. The second kappa shape index (κ2) is 7.28. The zero-order chi connectivity index (χ0) is 19.7. The van der Waals surface area contributed by atoms with E-state index < -0.39 is 11.4 Å². The summed E-state index contributed by atoms with van der Waals surface area (Å²) >= 11 is 1.33. The van der Waals surface area contributed by atoms with E-state index in [1.165, 1.54) is 17.5 Å². The number of carboxylic acids is 1.